The van der Waals surface area contributed by atoms with Crippen molar-refractivity contribution in [2.75, 3.05) is 6.54 Å². The quantitative estimate of drug-likeness (QED) is 0.656. The fraction of sp³-hybridized carbons (Fsp3) is 0.500. The zero-order chi connectivity index (χ0) is 15.2. The second-order valence-corrected chi connectivity index (χ2v) is 5.09. The van der Waals surface area contributed by atoms with Crippen LogP contribution in [-0.2, 0) is 9.59 Å². The van der Waals surface area contributed by atoms with E-state index in [2.05, 4.69) is 10.6 Å². The summed E-state index contributed by atoms with van der Waals surface area (Å²) in [6.07, 6.45) is 3.35. The molecule has 2 rings (SSSR count). The van der Waals surface area contributed by atoms with Gasteiger partial charge in [0.2, 0.25) is 5.91 Å². The molecule has 0 saturated heterocycles. The molecule has 2 amide bonds. The third-order valence-corrected chi connectivity index (χ3v) is 3.31. The van der Waals surface area contributed by atoms with Crippen LogP contribution in [0.1, 0.15) is 36.2 Å². The van der Waals surface area contributed by atoms with E-state index in [1.807, 2.05) is 0 Å². The first kappa shape index (κ1) is 15.1. The molecule has 1 unspecified atom stereocenters. The summed E-state index contributed by atoms with van der Waals surface area (Å²) in [6.45, 7) is 0.176. The van der Waals surface area contributed by atoms with Gasteiger partial charge in [0.1, 0.15) is 0 Å². The van der Waals surface area contributed by atoms with Gasteiger partial charge in [0.05, 0.1) is 12.7 Å². The normalized spacial score (nSPS) is 15.2. The maximum absolute atomic E-state index is 11.8. The number of amides is 2. The lowest BCUT2D eigenvalue weighted by Crippen LogP contribution is -2.39. The van der Waals surface area contributed by atoms with Gasteiger partial charge in [0, 0.05) is 19.0 Å². The van der Waals surface area contributed by atoms with Crippen LogP contribution in [0.15, 0.2) is 22.8 Å². The number of nitrogens with one attached hydrogen (secondary N) is 2. The molecule has 1 aliphatic rings. The number of carboxylic acid groups (broad SMARTS) is 1. The van der Waals surface area contributed by atoms with E-state index < -0.39 is 5.97 Å². The molecule has 1 saturated carbocycles. The van der Waals surface area contributed by atoms with Crippen molar-refractivity contribution in [3.05, 3.63) is 24.2 Å². The summed E-state index contributed by atoms with van der Waals surface area (Å²) in [4.78, 5) is 34.1. The number of carboxylic acids is 1. The van der Waals surface area contributed by atoms with Crippen LogP contribution >= 0.6 is 0 Å². The monoisotopic (exact) mass is 294 g/mol. The molecule has 3 N–H and O–H groups in total. The van der Waals surface area contributed by atoms with Crippen LogP contribution in [0.4, 0.5) is 0 Å². The SMILES string of the molecule is O=C(O)CC(NC(=O)CCNC(=O)c1ccco1)C1CC1. The topological polar surface area (TPSA) is 109 Å². The molecule has 1 aromatic heterocycles. The Bertz CT molecular complexity index is 507. The van der Waals surface area contributed by atoms with Crippen LogP contribution in [0.25, 0.3) is 0 Å². The Morgan fingerprint density at radius 1 is 1.38 bits per heavy atom. The second kappa shape index (κ2) is 6.92. The third kappa shape index (κ3) is 4.94. The van der Waals surface area contributed by atoms with Crippen LogP contribution in [0, 0.1) is 5.92 Å². The summed E-state index contributed by atoms with van der Waals surface area (Å²) in [6, 6.07) is 2.83. The van der Waals surface area contributed by atoms with Crippen molar-refractivity contribution in [3.8, 4) is 0 Å². The average Bonchev–Trinajstić information content (AvgIpc) is 3.12. The van der Waals surface area contributed by atoms with Gasteiger partial charge in [0.15, 0.2) is 5.76 Å². The molecule has 0 bridgehead atoms. The Hall–Kier alpha value is -2.31. The van der Waals surface area contributed by atoms with Crippen molar-refractivity contribution >= 4 is 17.8 Å². The molecule has 114 valence electrons. The van der Waals surface area contributed by atoms with Crippen molar-refractivity contribution in [2.24, 2.45) is 5.92 Å². The van der Waals surface area contributed by atoms with Crippen molar-refractivity contribution in [1.29, 1.82) is 0 Å². The fourth-order valence-corrected chi connectivity index (χ4v) is 2.09. The van der Waals surface area contributed by atoms with Gasteiger partial charge in [-0.15, -0.1) is 0 Å². The van der Waals surface area contributed by atoms with Crippen LogP contribution < -0.4 is 10.6 Å². The number of carbonyl (C=O) groups excluding carboxylic acids is 2. The van der Waals surface area contributed by atoms with Gasteiger partial charge in [-0.2, -0.15) is 0 Å². The molecule has 0 aliphatic heterocycles. The van der Waals surface area contributed by atoms with E-state index in [1.165, 1.54) is 12.3 Å². The van der Waals surface area contributed by atoms with E-state index in [0.29, 0.717) is 0 Å². The number of carbonyl (C=O) groups is 3. The van der Waals surface area contributed by atoms with E-state index in [4.69, 9.17) is 9.52 Å². The molecular weight excluding hydrogens is 276 g/mol. The highest BCUT2D eigenvalue weighted by Gasteiger charge is 2.33. The molecule has 0 aromatic carbocycles. The Morgan fingerprint density at radius 2 is 2.14 bits per heavy atom. The summed E-state index contributed by atoms with van der Waals surface area (Å²) in [5.41, 5.74) is 0. The fourth-order valence-electron chi connectivity index (χ4n) is 2.09. The standard InChI is InChI=1S/C14H18N2O5/c17-12(16-10(8-13(18)19)9-3-4-9)5-6-15-14(20)11-2-1-7-21-11/h1-2,7,9-10H,3-6,8H2,(H,15,20)(H,16,17)(H,18,19). The lowest BCUT2D eigenvalue weighted by Gasteiger charge is -2.16. The minimum Gasteiger partial charge on any atom is -0.481 e. The third-order valence-electron chi connectivity index (χ3n) is 3.31. The minimum atomic E-state index is -0.918. The van der Waals surface area contributed by atoms with Crippen LogP contribution in [0.3, 0.4) is 0 Å². The highest BCUT2D eigenvalue weighted by atomic mass is 16.4. The predicted octanol–water partition coefficient (Wildman–Crippen LogP) is 0.769. The van der Waals surface area contributed by atoms with E-state index in [0.717, 1.165) is 12.8 Å². The molecule has 7 nitrogen and oxygen atoms in total. The molecule has 1 aliphatic carbocycles. The first-order chi connectivity index (χ1) is 10.1. The summed E-state index contributed by atoms with van der Waals surface area (Å²) in [5, 5.41) is 14.1. The second-order valence-electron chi connectivity index (χ2n) is 5.09. The van der Waals surface area contributed by atoms with Gasteiger partial charge in [-0.1, -0.05) is 0 Å². The Kier molecular flexibility index (Phi) is 4.97. The first-order valence-corrected chi connectivity index (χ1v) is 6.89. The molecule has 1 atom stereocenters. The summed E-state index contributed by atoms with van der Waals surface area (Å²) < 4.78 is 4.92. The largest absolute Gasteiger partial charge is 0.481 e. The van der Waals surface area contributed by atoms with Gasteiger partial charge in [-0.05, 0) is 30.9 Å². The summed E-state index contributed by atoms with van der Waals surface area (Å²) in [5.74, 6) is -1.09. The van der Waals surface area contributed by atoms with Gasteiger partial charge < -0.3 is 20.2 Å². The maximum atomic E-state index is 11.8. The smallest absolute Gasteiger partial charge is 0.305 e. The number of furan rings is 1. The Morgan fingerprint density at radius 3 is 2.71 bits per heavy atom. The van der Waals surface area contributed by atoms with E-state index >= 15 is 0 Å². The summed E-state index contributed by atoms with van der Waals surface area (Å²) in [7, 11) is 0. The molecule has 1 fully saturated rings. The van der Waals surface area contributed by atoms with Gasteiger partial charge in [-0.25, -0.2) is 0 Å². The highest BCUT2D eigenvalue weighted by Crippen LogP contribution is 2.34. The maximum Gasteiger partial charge on any atom is 0.305 e. The van der Waals surface area contributed by atoms with Crippen LogP contribution in [0.2, 0.25) is 0 Å². The Balaban J connectivity index is 1.69. The molecule has 21 heavy (non-hydrogen) atoms. The molecule has 1 aromatic rings. The number of hydrogen-bond donors (Lipinski definition) is 3. The predicted molar refractivity (Wildman–Crippen MR) is 72.6 cm³/mol. The number of aliphatic carboxylic acids is 1. The zero-order valence-electron chi connectivity index (χ0n) is 11.5. The van der Waals surface area contributed by atoms with Gasteiger partial charge in [0.25, 0.3) is 5.91 Å². The molecular formula is C14H18N2O5. The lowest BCUT2D eigenvalue weighted by molar-refractivity contribution is -0.137. The molecule has 1 heterocycles. The van der Waals surface area contributed by atoms with Crippen molar-refractivity contribution in [3.63, 3.8) is 0 Å². The van der Waals surface area contributed by atoms with Crippen molar-refractivity contribution in [1.82, 2.24) is 10.6 Å². The van der Waals surface area contributed by atoms with Crippen LogP contribution in [0.5, 0.6) is 0 Å². The van der Waals surface area contributed by atoms with Gasteiger partial charge >= 0.3 is 5.97 Å². The van der Waals surface area contributed by atoms with Crippen LogP contribution in [-0.4, -0.2) is 35.5 Å². The minimum absolute atomic E-state index is 0.0604. The first-order valence-electron chi connectivity index (χ1n) is 6.89. The van der Waals surface area contributed by atoms with E-state index in [9.17, 15) is 14.4 Å². The average molecular weight is 294 g/mol. The molecule has 0 spiro atoms. The Labute approximate surface area is 121 Å². The zero-order valence-corrected chi connectivity index (χ0v) is 11.5. The molecule has 0 radical (unpaired) electrons. The number of hydrogen-bond acceptors (Lipinski definition) is 4. The van der Waals surface area contributed by atoms with E-state index in [-0.39, 0.29) is 48.9 Å². The van der Waals surface area contributed by atoms with E-state index in [1.54, 1.807) is 6.07 Å². The van der Waals surface area contributed by atoms with Crippen molar-refractivity contribution < 1.29 is 23.9 Å². The molecule has 7 heteroatoms. The lowest BCUT2D eigenvalue weighted by atomic mass is 10.1. The van der Waals surface area contributed by atoms with Crippen molar-refractivity contribution in [2.45, 2.75) is 31.7 Å². The highest BCUT2D eigenvalue weighted by molar-refractivity contribution is 5.91. The van der Waals surface area contributed by atoms with Gasteiger partial charge in [-0.3, -0.25) is 14.4 Å². The number of rotatable bonds is 8. The summed E-state index contributed by atoms with van der Waals surface area (Å²) >= 11 is 0.